The molecule has 1 heterocycles. The number of likely N-dealkylation sites (N-methyl/N-ethyl adjacent to an activating group) is 1. The van der Waals surface area contributed by atoms with E-state index < -0.39 is 0 Å². The predicted octanol–water partition coefficient (Wildman–Crippen LogP) is 2.80. The van der Waals surface area contributed by atoms with Gasteiger partial charge < -0.3 is 9.47 Å². The van der Waals surface area contributed by atoms with Crippen molar-refractivity contribution in [3.8, 4) is 0 Å². The van der Waals surface area contributed by atoms with E-state index in [4.69, 9.17) is 0 Å². The van der Waals surface area contributed by atoms with Gasteiger partial charge in [0.2, 0.25) is 0 Å². The Hall–Kier alpha value is -1.13. The normalized spacial score (nSPS) is 11.1. The molecule has 0 saturated heterocycles. The Labute approximate surface area is 117 Å². The third kappa shape index (κ3) is 3.68. The van der Waals surface area contributed by atoms with Crippen LogP contribution in [-0.2, 0) is 13.0 Å². The van der Waals surface area contributed by atoms with Crippen LogP contribution in [0.25, 0.3) is 0 Å². The number of benzene rings is 1. The number of rotatable bonds is 5. The molecule has 0 fully saturated rings. The van der Waals surface area contributed by atoms with Crippen LogP contribution in [-0.4, -0.2) is 35.1 Å². The second-order valence-electron chi connectivity index (χ2n) is 4.64. The van der Waals surface area contributed by atoms with Crippen LogP contribution in [0.4, 0.5) is 0 Å². The van der Waals surface area contributed by atoms with E-state index in [1.165, 1.54) is 5.56 Å². The molecule has 0 radical (unpaired) electrons. The van der Waals surface area contributed by atoms with Crippen LogP contribution in [0.1, 0.15) is 11.4 Å². The summed E-state index contributed by atoms with van der Waals surface area (Å²) in [5.41, 5.74) is 1.29. The monoisotopic (exact) mass is 307 g/mol. The highest BCUT2D eigenvalue weighted by Gasteiger charge is 2.04. The third-order valence-electron chi connectivity index (χ3n) is 2.87. The van der Waals surface area contributed by atoms with Crippen molar-refractivity contribution in [2.24, 2.45) is 0 Å². The van der Waals surface area contributed by atoms with Crippen LogP contribution in [0.3, 0.4) is 0 Å². The van der Waals surface area contributed by atoms with Gasteiger partial charge in [-0.2, -0.15) is 0 Å². The lowest BCUT2D eigenvalue weighted by atomic mass is 10.1. The van der Waals surface area contributed by atoms with Crippen LogP contribution in [0.15, 0.2) is 41.1 Å². The maximum absolute atomic E-state index is 4.44. The fraction of sp³-hybridized carbons (Fsp3) is 0.357. The summed E-state index contributed by atoms with van der Waals surface area (Å²) in [6.45, 7) is 2.02. The fourth-order valence-corrected chi connectivity index (χ4v) is 2.07. The van der Waals surface area contributed by atoms with Crippen LogP contribution >= 0.6 is 15.9 Å². The van der Waals surface area contributed by atoms with Gasteiger partial charge in [0.1, 0.15) is 5.82 Å². The maximum Gasteiger partial charge on any atom is 0.113 e. The van der Waals surface area contributed by atoms with Gasteiger partial charge in [-0.15, -0.1) is 0 Å². The first kappa shape index (κ1) is 13.3. The topological polar surface area (TPSA) is 21.1 Å². The van der Waals surface area contributed by atoms with Crippen LogP contribution in [0.2, 0.25) is 0 Å². The molecule has 18 heavy (non-hydrogen) atoms. The van der Waals surface area contributed by atoms with Crippen LogP contribution < -0.4 is 0 Å². The molecule has 0 N–H and O–H groups in total. The SMILES string of the molecule is CN(C)CCn1ccnc1Cc1ccc(Br)cc1. The van der Waals surface area contributed by atoms with Crippen molar-refractivity contribution in [1.29, 1.82) is 0 Å². The number of halogens is 1. The molecule has 3 nitrogen and oxygen atoms in total. The first-order valence-electron chi connectivity index (χ1n) is 6.04. The van der Waals surface area contributed by atoms with E-state index in [0.717, 1.165) is 29.8 Å². The molecule has 2 aromatic rings. The Morgan fingerprint density at radius 3 is 2.61 bits per heavy atom. The zero-order valence-corrected chi connectivity index (χ0v) is 12.4. The lowest BCUT2D eigenvalue weighted by Gasteiger charge is -2.12. The minimum atomic E-state index is 0.883. The van der Waals surface area contributed by atoms with Crippen molar-refractivity contribution >= 4 is 15.9 Å². The van der Waals surface area contributed by atoms with Crippen LogP contribution in [0.5, 0.6) is 0 Å². The Balaban J connectivity index is 2.05. The molecule has 0 atom stereocenters. The molecular formula is C14H18BrN3. The van der Waals surface area contributed by atoms with E-state index in [1.807, 2.05) is 6.20 Å². The summed E-state index contributed by atoms with van der Waals surface area (Å²) >= 11 is 3.45. The van der Waals surface area contributed by atoms with E-state index in [9.17, 15) is 0 Å². The van der Waals surface area contributed by atoms with Crippen molar-refractivity contribution < 1.29 is 0 Å². The van der Waals surface area contributed by atoms with Gasteiger partial charge in [-0.25, -0.2) is 4.98 Å². The largest absolute Gasteiger partial charge is 0.333 e. The van der Waals surface area contributed by atoms with E-state index >= 15 is 0 Å². The molecular weight excluding hydrogens is 290 g/mol. The van der Waals surface area contributed by atoms with Crippen LogP contribution in [0, 0.1) is 0 Å². The number of imidazole rings is 1. The summed E-state index contributed by atoms with van der Waals surface area (Å²) in [6, 6.07) is 8.41. The molecule has 0 amide bonds. The summed E-state index contributed by atoms with van der Waals surface area (Å²) in [5.74, 6) is 1.12. The van der Waals surface area contributed by atoms with E-state index in [1.54, 1.807) is 0 Å². The molecule has 0 saturated carbocycles. The number of aromatic nitrogens is 2. The second kappa shape index (κ2) is 6.16. The van der Waals surface area contributed by atoms with Crippen molar-refractivity contribution in [1.82, 2.24) is 14.5 Å². The Bertz CT molecular complexity index is 488. The van der Waals surface area contributed by atoms with Crippen molar-refractivity contribution in [3.63, 3.8) is 0 Å². The van der Waals surface area contributed by atoms with Gasteiger partial charge in [0.05, 0.1) is 0 Å². The van der Waals surface area contributed by atoms with E-state index in [2.05, 4.69) is 74.9 Å². The zero-order chi connectivity index (χ0) is 13.0. The molecule has 0 spiro atoms. The number of hydrogen-bond donors (Lipinski definition) is 0. The molecule has 0 unspecified atom stereocenters. The summed E-state index contributed by atoms with van der Waals surface area (Å²) in [7, 11) is 4.18. The number of hydrogen-bond acceptors (Lipinski definition) is 2. The summed E-state index contributed by atoms with van der Waals surface area (Å²) in [5, 5.41) is 0. The van der Waals surface area contributed by atoms with Gasteiger partial charge in [0.25, 0.3) is 0 Å². The smallest absolute Gasteiger partial charge is 0.113 e. The van der Waals surface area contributed by atoms with Gasteiger partial charge in [0.15, 0.2) is 0 Å². The number of nitrogens with zero attached hydrogens (tertiary/aromatic N) is 3. The lowest BCUT2D eigenvalue weighted by Crippen LogP contribution is -2.19. The zero-order valence-electron chi connectivity index (χ0n) is 10.8. The molecule has 0 aliphatic rings. The minimum absolute atomic E-state index is 0.883. The first-order valence-corrected chi connectivity index (χ1v) is 6.83. The Morgan fingerprint density at radius 2 is 1.94 bits per heavy atom. The van der Waals surface area contributed by atoms with Gasteiger partial charge in [-0.3, -0.25) is 0 Å². The maximum atomic E-state index is 4.44. The Morgan fingerprint density at radius 1 is 1.22 bits per heavy atom. The average molecular weight is 308 g/mol. The predicted molar refractivity (Wildman–Crippen MR) is 77.7 cm³/mol. The first-order chi connectivity index (χ1) is 8.65. The molecule has 4 heteroatoms. The van der Waals surface area contributed by atoms with Crippen molar-refractivity contribution in [2.45, 2.75) is 13.0 Å². The van der Waals surface area contributed by atoms with Gasteiger partial charge >= 0.3 is 0 Å². The second-order valence-corrected chi connectivity index (χ2v) is 5.56. The fourth-order valence-electron chi connectivity index (χ4n) is 1.80. The molecule has 96 valence electrons. The quantitative estimate of drug-likeness (QED) is 0.847. The summed E-state index contributed by atoms with van der Waals surface area (Å²) in [6.07, 6.45) is 4.81. The molecule has 0 bridgehead atoms. The van der Waals surface area contributed by atoms with Gasteiger partial charge in [-0.05, 0) is 31.8 Å². The molecule has 0 aliphatic carbocycles. The Kier molecular flexibility index (Phi) is 4.55. The lowest BCUT2D eigenvalue weighted by molar-refractivity contribution is 0.381. The van der Waals surface area contributed by atoms with Gasteiger partial charge in [-0.1, -0.05) is 28.1 Å². The molecule has 1 aromatic carbocycles. The minimum Gasteiger partial charge on any atom is -0.333 e. The van der Waals surface area contributed by atoms with E-state index in [-0.39, 0.29) is 0 Å². The highest BCUT2D eigenvalue weighted by Crippen LogP contribution is 2.13. The summed E-state index contributed by atoms with van der Waals surface area (Å²) in [4.78, 5) is 6.63. The van der Waals surface area contributed by atoms with Crippen molar-refractivity contribution in [2.75, 3.05) is 20.6 Å². The highest BCUT2D eigenvalue weighted by molar-refractivity contribution is 9.10. The standard InChI is InChI=1S/C14H18BrN3/c1-17(2)9-10-18-8-7-16-14(18)11-12-3-5-13(15)6-4-12/h3-8H,9-11H2,1-2H3. The third-order valence-corrected chi connectivity index (χ3v) is 3.39. The molecule has 0 aliphatic heterocycles. The molecule has 2 rings (SSSR count). The summed E-state index contributed by atoms with van der Waals surface area (Å²) < 4.78 is 3.34. The highest BCUT2D eigenvalue weighted by atomic mass is 79.9. The van der Waals surface area contributed by atoms with Gasteiger partial charge in [0, 0.05) is 36.4 Å². The molecule has 1 aromatic heterocycles. The van der Waals surface area contributed by atoms with E-state index in [0.29, 0.717) is 0 Å². The average Bonchev–Trinajstić information content (AvgIpc) is 2.77. The van der Waals surface area contributed by atoms with Crippen molar-refractivity contribution in [3.05, 3.63) is 52.5 Å².